The van der Waals surface area contributed by atoms with Gasteiger partial charge in [-0.05, 0) is 32.4 Å². The number of pyridine rings is 1. The van der Waals surface area contributed by atoms with Crippen molar-refractivity contribution < 1.29 is 4.79 Å². The van der Waals surface area contributed by atoms with E-state index in [1.54, 1.807) is 23.0 Å². The summed E-state index contributed by atoms with van der Waals surface area (Å²) in [5.74, 6) is 1.29. The smallest absolute Gasteiger partial charge is 0.225 e. The molecule has 22 heavy (non-hydrogen) atoms. The summed E-state index contributed by atoms with van der Waals surface area (Å²) in [7, 11) is 0. The number of rotatable bonds is 6. The third kappa shape index (κ3) is 4.39. The molecule has 0 unspecified atom stereocenters. The van der Waals surface area contributed by atoms with E-state index in [0.29, 0.717) is 23.1 Å². The molecule has 1 amide bonds. The van der Waals surface area contributed by atoms with E-state index in [9.17, 15) is 4.79 Å². The monoisotopic (exact) mass is 319 g/mol. The minimum atomic E-state index is -0.461. The number of amides is 1. The van der Waals surface area contributed by atoms with Gasteiger partial charge in [0.05, 0.1) is 11.4 Å². The maximum atomic E-state index is 11.1. The Bertz CT molecular complexity index is 686. The van der Waals surface area contributed by atoms with Crippen molar-refractivity contribution >= 4 is 17.5 Å². The summed E-state index contributed by atoms with van der Waals surface area (Å²) in [6.07, 6.45) is 5.22. The first-order valence-corrected chi connectivity index (χ1v) is 7.32. The Kier molecular flexibility index (Phi) is 5.27. The van der Waals surface area contributed by atoms with Crippen molar-refractivity contribution in [2.45, 2.75) is 33.1 Å². The second-order valence-electron chi connectivity index (χ2n) is 5.15. The fourth-order valence-electron chi connectivity index (χ4n) is 1.95. The van der Waals surface area contributed by atoms with Gasteiger partial charge in [-0.2, -0.15) is 4.68 Å². The van der Waals surface area contributed by atoms with Gasteiger partial charge < -0.3 is 5.73 Å². The number of aryl methyl sites for hydroxylation is 1. The third-order valence-electron chi connectivity index (χ3n) is 2.90. The van der Waals surface area contributed by atoms with Gasteiger partial charge in [-0.15, -0.1) is 5.10 Å². The number of halogens is 1. The first kappa shape index (κ1) is 16.2. The summed E-state index contributed by atoms with van der Waals surface area (Å²) in [5, 5.41) is 4.87. The highest BCUT2D eigenvalue weighted by Gasteiger charge is 2.13. The number of aromatic nitrogens is 4. The van der Waals surface area contributed by atoms with Crippen LogP contribution in [0.4, 0.5) is 0 Å². The van der Waals surface area contributed by atoms with Gasteiger partial charge in [0.1, 0.15) is 5.82 Å². The van der Waals surface area contributed by atoms with Gasteiger partial charge in [-0.1, -0.05) is 23.3 Å². The standard InChI is InChI=1S/C15H18ClN5O/c1-10(2)4-3-5-15-19-13(8-12(17)22)20-21(15)14-7-6-11(16)9-18-14/h4,6-7,9H,3,5,8H2,1-2H3,(H2,17,22). The molecule has 0 aliphatic carbocycles. The van der Waals surface area contributed by atoms with Gasteiger partial charge in [0, 0.05) is 12.6 Å². The Labute approximate surface area is 134 Å². The predicted octanol–water partition coefficient (Wildman–Crippen LogP) is 2.24. The largest absolute Gasteiger partial charge is 0.369 e. The zero-order chi connectivity index (χ0) is 16.1. The number of hydrogen-bond donors (Lipinski definition) is 1. The summed E-state index contributed by atoms with van der Waals surface area (Å²) < 4.78 is 1.63. The van der Waals surface area contributed by atoms with Crippen LogP contribution in [0.2, 0.25) is 5.02 Å². The molecule has 0 bridgehead atoms. The average Bonchev–Trinajstić information content (AvgIpc) is 2.81. The minimum Gasteiger partial charge on any atom is -0.369 e. The van der Waals surface area contributed by atoms with Crippen LogP contribution in [-0.2, 0) is 17.6 Å². The highest BCUT2D eigenvalue weighted by Crippen LogP contribution is 2.13. The van der Waals surface area contributed by atoms with Crippen LogP contribution in [0.25, 0.3) is 5.82 Å². The number of carbonyl (C=O) groups excluding carboxylic acids is 1. The van der Waals surface area contributed by atoms with Crippen molar-refractivity contribution in [3.63, 3.8) is 0 Å². The first-order chi connectivity index (χ1) is 10.5. The van der Waals surface area contributed by atoms with Crippen molar-refractivity contribution in [3.05, 3.63) is 46.7 Å². The highest BCUT2D eigenvalue weighted by atomic mass is 35.5. The molecule has 0 aliphatic rings. The summed E-state index contributed by atoms with van der Waals surface area (Å²) in [6.45, 7) is 4.09. The van der Waals surface area contributed by atoms with Crippen molar-refractivity contribution in [1.29, 1.82) is 0 Å². The Hall–Kier alpha value is -2.21. The molecule has 0 aromatic carbocycles. The molecule has 0 saturated carbocycles. The molecule has 2 N–H and O–H groups in total. The number of hydrogen-bond acceptors (Lipinski definition) is 4. The van der Waals surface area contributed by atoms with E-state index in [1.807, 2.05) is 13.8 Å². The van der Waals surface area contributed by atoms with E-state index in [4.69, 9.17) is 17.3 Å². The van der Waals surface area contributed by atoms with Crippen LogP contribution in [-0.4, -0.2) is 25.7 Å². The van der Waals surface area contributed by atoms with Gasteiger partial charge in [0.15, 0.2) is 11.6 Å². The molecular formula is C15H18ClN5O. The van der Waals surface area contributed by atoms with Gasteiger partial charge >= 0.3 is 0 Å². The normalized spacial score (nSPS) is 10.5. The lowest BCUT2D eigenvalue weighted by Crippen LogP contribution is -2.14. The molecule has 0 fully saturated rings. The molecule has 0 spiro atoms. The van der Waals surface area contributed by atoms with Crippen LogP contribution in [0.5, 0.6) is 0 Å². The summed E-state index contributed by atoms with van der Waals surface area (Å²) in [6, 6.07) is 3.49. The van der Waals surface area contributed by atoms with Crippen molar-refractivity contribution in [2.24, 2.45) is 5.73 Å². The van der Waals surface area contributed by atoms with Gasteiger partial charge in [-0.25, -0.2) is 9.97 Å². The highest BCUT2D eigenvalue weighted by molar-refractivity contribution is 6.30. The molecule has 2 rings (SSSR count). The third-order valence-corrected chi connectivity index (χ3v) is 3.12. The molecule has 0 atom stereocenters. The van der Waals surface area contributed by atoms with Crippen LogP contribution in [0.15, 0.2) is 30.0 Å². The first-order valence-electron chi connectivity index (χ1n) is 6.94. The Morgan fingerprint density at radius 2 is 2.18 bits per heavy atom. The summed E-state index contributed by atoms with van der Waals surface area (Å²) in [5.41, 5.74) is 6.45. The molecule has 116 valence electrons. The maximum Gasteiger partial charge on any atom is 0.225 e. The van der Waals surface area contributed by atoms with Crippen LogP contribution in [0, 0.1) is 0 Å². The quantitative estimate of drug-likeness (QED) is 0.827. The molecule has 2 heterocycles. The van der Waals surface area contributed by atoms with Crippen LogP contribution >= 0.6 is 11.6 Å². The predicted molar refractivity (Wildman–Crippen MR) is 84.8 cm³/mol. The van der Waals surface area contributed by atoms with Gasteiger partial charge in [-0.3, -0.25) is 4.79 Å². The number of carbonyl (C=O) groups is 1. The van der Waals surface area contributed by atoms with E-state index in [0.717, 1.165) is 12.2 Å². The Balaban J connectivity index is 2.32. The van der Waals surface area contributed by atoms with E-state index in [-0.39, 0.29) is 6.42 Å². The number of primary amides is 1. The summed E-state index contributed by atoms with van der Waals surface area (Å²) >= 11 is 5.85. The van der Waals surface area contributed by atoms with Gasteiger partial charge in [0.2, 0.25) is 5.91 Å². The number of allylic oxidation sites excluding steroid dienone is 2. The zero-order valence-corrected chi connectivity index (χ0v) is 13.3. The molecule has 2 aromatic heterocycles. The fraction of sp³-hybridized carbons (Fsp3) is 0.333. The molecule has 7 heteroatoms. The number of nitrogens with two attached hydrogens (primary N) is 1. The minimum absolute atomic E-state index is 0.0102. The molecule has 6 nitrogen and oxygen atoms in total. The van der Waals surface area contributed by atoms with E-state index in [2.05, 4.69) is 21.1 Å². The maximum absolute atomic E-state index is 11.1. The SMILES string of the molecule is CC(C)=CCCc1nc(CC(N)=O)nn1-c1ccc(Cl)cn1. The van der Waals surface area contributed by atoms with Crippen molar-refractivity contribution in [1.82, 2.24) is 19.7 Å². The second-order valence-corrected chi connectivity index (χ2v) is 5.59. The summed E-state index contributed by atoms with van der Waals surface area (Å²) in [4.78, 5) is 19.7. The van der Waals surface area contributed by atoms with Crippen LogP contribution in [0.1, 0.15) is 31.9 Å². The Morgan fingerprint density at radius 3 is 2.77 bits per heavy atom. The lowest BCUT2D eigenvalue weighted by molar-refractivity contribution is -0.117. The second kappa shape index (κ2) is 7.17. The van der Waals surface area contributed by atoms with E-state index in [1.165, 1.54) is 5.57 Å². The number of nitrogens with zero attached hydrogens (tertiary/aromatic N) is 4. The molecule has 2 aromatic rings. The molecule has 0 radical (unpaired) electrons. The Morgan fingerprint density at radius 1 is 1.41 bits per heavy atom. The van der Waals surface area contributed by atoms with E-state index >= 15 is 0 Å². The van der Waals surface area contributed by atoms with E-state index < -0.39 is 5.91 Å². The average molecular weight is 320 g/mol. The lowest BCUT2D eigenvalue weighted by Gasteiger charge is -2.04. The topological polar surface area (TPSA) is 86.7 Å². The molecule has 0 saturated heterocycles. The lowest BCUT2D eigenvalue weighted by atomic mass is 10.2. The van der Waals surface area contributed by atoms with Crippen LogP contribution in [0.3, 0.4) is 0 Å². The van der Waals surface area contributed by atoms with Crippen molar-refractivity contribution in [3.8, 4) is 5.82 Å². The zero-order valence-electron chi connectivity index (χ0n) is 12.6. The van der Waals surface area contributed by atoms with Crippen molar-refractivity contribution in [2.75, 3.05) is 0 Å². The fourth-order valence-corrected chi connectivity index (χ4v) is 2.06. The van der Waals surface area contributed by atoms with Gasteiger partial charge in [0.25, 0.3) is 0 Å². The molecule has 0 aliphatic heterocycles. The van der Waals surface area contributed by atoms with Crippen LogP contribution < -0.4 is 5.73 Å². The molecular weight excluding hydrogens is 302 g/mol.